The van der Waals surface area contributed by atoms with Gasteiger partial charge in [0.1, 0.15) is 11.3 Å². The van der Waals surface area contributed by atoms with Crippen molar-refractivity contribution in [3.05, 3.63) is 65.6 Å². The number of nitrogens with one attached hydrogen (secondary N) is 1. The van der Waals surface area contributed by atoms with Crippen molar-refractivity contribution in [2.75, 3.05) is 26.3 Å². The maximum Gasteiger partial charge on any atom is 0.217 e. The summed E-state index contributed by atoms with van der Waals surface area (Å²) in [6.07, 6.45) is 7.03. The van der Waals surface area contributed by atoms with Crippen LogP contribution in [-0.2, 0) is 4.74 Å². The van der Waals surface area contributed by atoms with Crippen molar-refractivity contribution in [2.24, 2.45) is 0 Å². The van der Waals surface area contributed by atoms with Crippen molar-refractivity contribution in [3.8, 4) is 5.88 Å². The lowest BCUT2D eigenvalue weighted by Crippen LogP contribution is -2.22. The molecule has 1 atom stereocenters. The van der Waals surface area contributed by atoms with Gasteiger partial charge in [-0.1, -0.05) is 41.9 Å². The summed E-state index contributed by atoms with van der Waals surface area (Å²) >= 11 is 5.85. The molecule has 4 heterocycles. The maximum absolute atomic E-state index is 6.05. The van der Waals surface area contributed by atoms with E-state index in [1.165, 1.54) is 5.56 Å². The number of nitrogens with zero attached hydrogens (tertiary/aromatic N) is 2. The molecule has 1 N–H and O–H groups in total. The monoisotopic (exact) mass is 447 g/mol. The Morgan fingerprint density at radius 1 is 0.967 bits per heavy atom. The van der Waals surface area contributed by atoms with E-state index in [-0.39, 0.29) is 18.5 Å². The summed E-state index contributed by atoms with van der Waals surface area (Å²) in [5.41, 5.74) is 1.26. The van der Waals surface area contributed by atoms with Gasteiger partial charge in [-0.2, -0.15) is 0 Å². The van der Waals surface area contributed by atoms with Gasteiger partial charge in [-0.05, 0) is 49.2 Å². The average Bonchev–Trinajstić information content (AvgIpc) is 3.29. The Morgan fingerprint density at radius 2 is 1.80 bits per heavy atom. The number of benzene rings is 1. The molecule has 160 valence electrons. The Balaban J connectivity index is 0.000000184. The lowest BCUT2D eigenvalue weighted by atomic mass is 9.92. The van der Waals surface area contributed by atoms with E-state index in [1.807, 2.05) is 42.6 Å². The Morgan fingerprint density at radius 3 is 2.57 bits per heavy atom. The van der Waals surface area contributed by atoms with Gasteiger partial charge in [-0.3, -0.25) is 0 Å². The van der Waals surface area contributed by atoms with E-state index in [2.05, 4.69) is 21.4 Å². The van der Waals surface area contributed by atoms with Gasteiger partial charge < -0.3 is 14.8 Å². The molecule has 0 bridgehead atoms. The van der Waals surface area contributed by atoms with Crippen LogP contribution >= 0.6 is 24.0 Å². The van der Waals surface area contributed by atoms with Gasteiger partial charge in [-0.15, -0.1) is 12.4 Å². The zero-order valence-corrected chi connectivity index (χ0v) is 18.4. The van der Waals surface area contributed by atoms with E-state index in [0.717, 1.165) is 62.2 Å². The summed E-state index contributed by atoms with van der Waals surface area (Å²) in [4.78, 5) is 8.40. The fourth-order valence-corrected chi connectivity index (χ4v) is 4.02. The van der Waals surface area contributed by atoms with Crippen LogP contribution in [0, 0.1) is 0 Å². The van der Waals surface area contributed by atoms with E-state index in [0.29, 0.717) is 11.1 Å². The fourth-order valence-electron chi connectivity index (χ4n) is 3.79. The summed E-state index contributed by atoms with van der Waals surface area (Å²) in [5.74, 6) is 1.37. The molecule has 0 radical (unpaired) electrons. The van der Waals surface area contributed by atoms with Gasteiger partial charge in [0.15, 0.2) is 0 Å². The molecule has 0 aliphatic carbocycles. The van der Waals surface area contributed by atoms with Gasteiger partial charge in [0.2, 0.25) is 5.88 Å². The second kappa shape index (κ2) is 11.5. The van der Waals surface area contributed by atoms with Crippen LogP contribution in [0.1, 0.15) is 30.7 Å². The fraction of sp³-hybridized carbons (Fsp3) is 0.391. The van der Waals surface area contributed by atoms with Crippen LogP contribution in [-0.4, -0.2) is 42.4 Å². The van der Waals surface area contributed by atoms with Gasteiger partial charge in [0.25, 0.3) is 0 Å². The molecule has 30 heavy (non-hydrogen) atoms. The van der Waals surface area contributed by atoms with Crippen LogP contribution < -0.4 is 10.1 Å². The minimum absolute atomic E-state index is 0. The van der Waals surface area contributed by atoms with Crippen molar-refractivity contribution in [3.63, 3.8) is 0 Å². The van der Waals surface area contributed by atoms with Crippen LogP contribution in [0.2, 0.25) is 5.15 Å². The van der Waals surface area contributed by atoms with Crippen LogP contribution in [0.4, 0.5) is 0 Å². The number of hydrogen-bond donors (Lipinski definition) is 1. The van der Waals surface area contributed by atoms with Crippen molar-refractivity contribution in [1.82, 2.24) is 15.3 Å². The molecule has 2 saturated heterocycles. The normalized spacial score (nSPS) is 18.9. The number of aromatic nitrogens is 2. The number of ether oxygens (including phenoxy) is 2. The largest absolute Gasteiger partial charge is 0.473 e. The van der Waals surface area contributed by atoms with Gasteiger partial charge in [0.05, 0.1) is 0 Å². The van der Waals surface area contributed by atoms with E-state index in [1.54, 1.807) is 6.20 Å². The first kappa shape index (κ1) is 22.8. The van der Waals surface area contributed by atoms with Gasteiger partial charge >= 0.3 is 0 Å². The predicted octanol–water partition coefficient (Wildman–Crippen LogP) is 5.03. The maximum atomic E-state index is 6.05. The lowest BCUT2D eigenvalue weighted by molar-refractivity contribution is 0.0839. The molecular formula is C23H27Cl2N3O2. The summed E-state index contributed by atoms with van der Waals surface area (Å²) in [6.45, 7) is 3.68. The molecular weight excluding hydrogens is 421 g/mol. The van der Waals surface area contributed by atoms with Crippen LogP contribution in [0.15, 0.2) is 54.9 Å². The Kier molecular flexibility index (Phi) is 8.70. The second-order valence-corrected chi connectivity index (χ2v) is 7.70. The minimum atomic E-state index is 0. The second-order valence-electron chi connectivity index (χ2n) is 7.34. The highest BCUT2D eigenvalue weighted by Crippen LogP contribution is 2.32. The highest BCUT2D eigenvalue weighted by Gasteiger charge is 2.23. The molecule has 0 amide bonds. The third-order valence-corrected chi connectivity index (χ3v) is 5.68. The van der Waals surface area contributed by atoms with E-state index in [4.69, 9.17) is 21.1 Å². The van der Waals surface area contributed by atoms with Crippen molar-refractivity contribution < 1.29 is 9.47 Å². The Hall–Kier alpha value is -1.92. The molecule has 5 rings (SSSR count). The first-order valence-corrected chi connectivity index (χ1v) is 10.6. The number of hydrogen-bond acceptors (Lipinski definition) is 5. The Bertz CT molecular complexity index is 924. The molecule has 0 saturated carbocycles. The highest BCUT2D eigenvalue weighted by molar-refractivity contribution is 6.34. The average molecular weight is 448 g/mol. The summed E-state index contributed by atoms with van der Waals surface area (Å²) in [5, 5.41) is 6.03. The Labute approximate surface area is 188 Å². The van der Waals surface area contributed by atoms with Gasteiger partial charge in [-0.25, -0.2) is 9.97 Å². The number of rotatable bonds is 3. The molecule has 3 aromatic rings. The predicted molar refractivity (Wildman–Crippen MR) is 123 cm³/mol. The summed E-state index contributed by atoms with van der Waals surface area (Å²) in [7, 11) is 0. The molecule has 2 aliphatic heterocycles. The van der Waals surface area contributed by atoms with E-state index >= 15 is 0 Å². The lowest BCUT2D eigenvalue weighted by Gasteiger charge is -2.24. The van der Waals surface area contributed by atoms with Crippen LogP contribution in [0.25, 0.3) is 10.8 Å². The standard InChI is InChI=1S/C14H20N2O2.C9H6ClN.ClH/c1-2-13(11-4-8-17-9-5-11)14(16-6-1)18-12-3-7-15-10-12;10-9-8-4-2-1-3-7(8)5-6-11-9;/h1-2,6,11-12,15H,3-5,7-10H2;1-6H;1H/t12-;;/m1../s1. The first-order valence-electron chi connectivity index (χ1n) is 10.2. The number of halogens is 2. The highest BCUT2D eigenvalue weighted by atomic mass is 35.5. The molecule has 7 heteroatoms. The summed E-state index contributed by atoms with van der Waals surface area (Å²) in [6, 6.07) is 14.0. The minimum Gasteiger partial charge on any atom is -0.473 e. The molecule has 2 fully saturated rings. The van der Waals surface area contributed by atoms with Crippen LogP contribution in [0.5, 0.6) is 5.88 Å². The van der Waals surface area contributed by atoms with Crippen molar-refractivity contribution in [2.45, 2.75) is 31.3 Å². The molecule has 0 spiro atoms. The molecule has 1 aromatic carbocycles. The number of pyridine rings is 2. The summed E-state index contributed by atoms with van der Waals surface area (Å²) < 4.78 is 11.5. The van der Waals surface area contributed by atoms with Gasteiger partial charge in [0, 0.05) is 43.1 Å². The zero-order chi connectivity index (χ0) is 19.9. The van der Waals surface area contributed by atoms with Crippen LogP contribution in [0.3, 0.4) is 0 Å². The first-order chi connectivity index (χ1) is 14.3. The van der Waals surface area contributed by atoms with Crippen molar-refractivity contribution >= 4 is 34.8 Å². The van der Waals surface area contributed by atoms with E-state index in [9.17, 15) is 0 Å². The molecule has 2 aliphatic rings. The zero-order valence-electron chi connectivity index (χ0n) is 16.8. The molecule has 5 nitrogen and oxygen atoms in total. The van der Waals surface area contributed by atoms with E-state index < -0.39 is 0 Å². The topological polar surface area (TPSA) is 56.3 Å². The van der Waals surface area contributed by atoms with Crippen molar-refractivity contribution in [1.29, 1.82) is 0 Å². The smallest absolute Gasteiger partial charge is 0.217 e. The third-order valence-electron chi connectivity index (χ3n) is 5.38. The number of fused-ring (bicyclic) bond motifs is 1. The molecule has 0 unspecified atom stereocenters. The quantitative estimate of drug-likeness (QED) is 0.570. The SMILES string of the molecule is Cl.Clc1nccc2ccccc12.c1cnc(O[C@@H]2CCNC2)c(C2CCOCC2)c1. The third kappa shape index (κ3) is 5.82. The molecule has 2 aromatic heterocycles.